The second-order valence-electron chi connectivity index (χ2n) is 6.31. The first-order valence-electron chi connectivity index (χ1n) is 8.02. The Morgan fingerprint density at radius 2 is 1.92 bits per heavy atom. The number of carbonyl (C=O) groups excluding carboxylic acids is 1. The van der Waals surface area contributed by atoms with Crippen LogP contribution in [0.4, 0.5) is 0 Å². The lowest BCUT2D eigenvalue weighted by Gasteiger charge is -2.39. The second-order valence-corrected chi connectivity index (χ2v) is 6.75. The van der Waals surface area contributed by atoms with Gasteiger partial charge in [-0.3, -0.25) is 0 Å². The van der Waals surface area contributed by atoms with Crippen LogP contribution in [0.25, 0.3) is 0 Å². The number of ether oxygens (including phenoxy) is 2. The molecule has 0 bridgehead atoms. The van der Waals surface area contributed by atoms with Crippen molar-refractivity contribution in [3.8, 4) is 11.5 Å². The first kappa shape index (κ1) is 15.3. The average Bonchev–Trinajstić information content (AvgIpc) is 2.92. The number of phenolic OH excluding ortho intramolecular Hbond substituents is 1. The van der Waals surface area contributed by atoms with E-state index in [0.717, 1.165) is 0 Å². The zero-order valence-corrected chi connectivity index (χ0v) is 14.1. The van der Waals surface area contributed by atoms with Gasteiger partial charge in [-0.25, -0.2) is 4.79 Å². The maximum absolute atomic E-state index is 12.6. The first-order valence-corrected chi connectivity index (χ1v) is 8.42. The lowest BCUT2D eigenvalue weighted by atomic mass is 9.75. The lowest BCUT2D eigenvalue weighted by molar-refractivity contribution is 0.0216. The molecule has 0 fully saturated rings. The monoisotopic (exact) mass is 364 g/mol. The number of aromatic hydroxyl groups is 1. The van der Waals surface area contributed by atoms with Crippen molar-refractivity contribution >= 4 is 23.1 Å². The second kappa shape index (κ2) is 5.03. The number of aliphatic hydroxyl groups is 1. The molecule has 26 heavy (non-hydrogen) atoms. The molecule has 0 amide bonds. The highest BCUT2D eigenvalue weighted by Gasteiger charge is 2.55. The lowest BCUT2D eigenvalue weighted by Crippen LogP contribution is -2.39. The number of benzene rings is 2. The van der Waals surface area contributed by atoms with Crippen molar-refractivity contribution in [2.75, 3.05) is 0 Å². The summed E-state index contributed by atoms with van der Waals surface area (Å²) in [6.45, 7) is 0. The van der Waals surface area contributed by atoms with Gasteiger partial charge < -0.3 is 19.7 Å². The van der Waals surface area contributed by atoms with Crippen LogP contribution in [0.5, 0.6) is 11.5 Å². The maximum atomic E-state index is 12.6. The number of hydrogen-bond acceptors (Lipinski definition) is 6. The van der Waals surface area contributed by atoms with Gasteiger partial charge in [-0.2, -0.15) is 0 Å². The van der Waals surface area contributed by atoms with E-state index < -0.39 is 17.7 Å². The van der Waals surface area contributed by atoms with Crippen LogP contribution in [-0.2, 0) is 10.3 Å². The van der Waals surface area contributed by atoms with Crippen molar-refractivity contribution in [3.63, 3.8) is 0 Å². The minimum absolute atomic E-state index is 0.0124. The summed E-state index contributed by atoms with van der Waals surface area (Å²) >= 11 is 5.35. The van der Waals surface area contributed by atoms with Gasteiger partial charge in [0.2, 0.25) is 0 Å². The highest BCUT2D eigenvalue weighted by atomic mass is 32.1. The third kappa shape index (κ3) is 1.77. The van der Waals surface area contributed by atoms with Gasteiger partial charge >= 0.3 is 5.97 Å². The fourth-order valence-corrected chi connectivity index (χ4v) is 3.99. The molecule has 2 aromatic rings. The number of fused-ring (bicyclic) bond motifs is 5. The summed E-state index contributed by atoms with van der Waals surface area (Å²) in [5, 5.41) is 20.0. The quantitative estimate of drug-likeness (QED) is 0.553. The van der Waals surface area contributed by atoms with Crippen LogP contribution in [0, 0.1) is 0 Å². The summed E-state index contributed by atoms with van der Waals surface area (Å²) in [7, 11) is 0. The standard InChI is InChI=1S/C20H12O5S/c21-10-5-6-13-16(9-10)24-17-14(7-8-15(22)18(17)26)20(13)12-4-2-1-3-11(12)19(23)25-20/h1-9,15,21-22H. The van der Waals surface area contributed by atoms with Crippen LogP contribution in [0.3, 0.4) is 0 Å². The summed E-state index contributed by atoms with van der Waals surface area (Å²) in [6, 6.07) is 11.8. The van der Waals surface area contributed by atoms with Gasteiger partial charge in [-0.15, -0.1) is 0 Å². The number of phenols is 1. The molecule has 1 aliphatic carbocycles. The van der Waals surface area contributed by atoms with Crippen molar-refractivity contribution in [2.45, 2.75) is 11.7 Å². The van der Waals surface area contributed by atoms with Crippen LogP contribution in [-0.4, -0.2) is 27.2 Å². The van der Waals surface area contributed by atoms with E-state index >= 15 is 0 Å². The van der Waals surface area contributed by atoms with Gasteiger partial charge in [0.1, 0.15) is 17.6 Å². The summed E-state index contributed by atoms with van der Waals surface area (Å²) in [5.74, 6) is 0.174. The molecule has 2 unspecified atom stereocenters. The molecule has 5 rings (SSSR count). The molecule has 2 N–H and O–H groups in total. The summed E-state index contributed by atoms with van der Waals surface area (Å²) in [5.41, 5.74) is 1.06. The number of thiocarbonyl (C=S) groups is 1. The number of hydrogen-bond donors (Lipinski definition) is 2. The molecule has 2 aromatic carbocycles. The Morgan fingerprint density at radius 3 is 2.77 bits per heavy atom. The molecule has 3 aliphatic rings. The normalized spacial score (nSPS) is 25.5. The fourth-order valence-electron chi connectivity index (χ4n) is 3.76. The zero-order valence-electron chi connectivity index (χ0n) is 13.3. The summed E-state index contributed by atoms with van der Waals surface area (Å²) in [6.07, 6.45) is 2.26. The smallest absolute Gasteiger partial charge is 0.340 e. The van der Waals surface area contributed by atoms with E-state index in [1.54, 1.807) is 30.4 Å². The fraction of sp³-hybridized carbons (Fsp3) is 0.100. The van der Waals surface area contributed by atoms with Gasteiger partial charge in [-0.05, 0) is 18.2 Å². The Morgan fingerprint density at radius 1 is 1.12 bits per heavy atom. The van der Waals surface area contributed by atoms with Crippen molar-refractivity contribution in [2.24, 2.45) is 0 Å². The van der Waals surface area contributed by atoms with E-state index in [9.17, 15) is 15.0 Å². The van der Waals surface area contributed by atoms with Crippen LogP contribution in [0.2, 0.25) is 0 Å². The molecule has 0 radical (unpaired) electrons. The summed E-state index contributed by atoms with van der Waals surface area (Å²) < 4.78 is 11.8. The highest BCUT2D eigenvalue weighted by Crippen LogP contribution is 2.55. The van der Waals surface area contributed by atoms with E-state index in [-0.39, 0.29) is 16.4 Å². The number of aliphatic hydroxyl groups excluding tert-OH is 1. The number of carbonyl (C=O) groups is 1. The average molecular weight is 364 g/mol. The first-order chi connectivity index (χ1) is 12.5. The third-order valence-electron chi connectivity index (χ3n) is 4.89. The van der Waals surface area contributed by atoms with Gasteiger partial charge in [0.25, 0.3) is 0 Å². The Balaban J connectivity index is 1.89. The molecule has 2 heterocycles. The van der Waals surface area contributed by atoms with Crippen molar-refractivity contribution in [1.29, 1.82) is 0 Å². The van der Waals surface area contributed by atoms with E-state index in [2.05, 4.69) is 0 Å². The highest BCUT2D eigenvalue weighted by molar-refractivity contribution is 7.81. The van der Waals surface area contributed by atoms with Gasteiger partial charge in [0.05, 0.1) is 10.4 Å². The van der Waals surface area contributed by atoms with E-state index in [4.69, 9.17) is 21.7 Å². The van der Waals surface area contributed by atoms with Gasteiger partial charge in [0, 0.05) is 22.8 Å². The van der Waals surface area contributed by atoms with Crippen LogP contribution < -0.4 is 4.74 Å². The van der Waals surface area contributed by atoms with Crippen LogP contribution in [0.1, 0.15) is 21.5 Å². The largest absolute Gasteiger partial charge is 0.508 e. The minimum Gasteiger partial charge on any atom is -0.508 e. The Labute approximate surface area is 153 Å². The van der Waals surface area contributed by atoms with E-state index in [1.165, 1.54) is 12.1 Å². The molecule has 128 valence electrons. The molecular weight excluding hydrogens is 352 g/mol. The zero-order chi connectivity index (χ0) is 18.1. The van der Waals surface area contributed by atoms with Crippen molar-refractivity contribution in [3.05, 3.63) is 82.6 Å². The van der Waals surface area contributed by atoms with Gasteiger partial charge in [-0.1, -0.05) is 42.6 Å². The molecule has 6 heteroatoms. The number of rotatable bonds is 0. The number of esters is 1. The van der Waals surface area contributed by atoms with E-state index in [1.807, 2.05) is 12.1 Å². The van der Waals surface area contributed by atoms with Crippen molar-refractivity contribution < 1.29 is 24.5 Å². The molecule has 2 aliphatic heterocycles. The molecule has 1 spiro atoms. The summed E-state index contributed by atoms with van der Waals surface area (Å²) in [4.78, 5) is 12.8. The SMILES string of the molecule is O=C1OC2(C3=C(Oc4cc(O)ccc42)C(=S)C(O)C=C3)c2ccccc21. The molecule has 5 nitrogen and oxygen atoms in total. The Bertz CT molecular complexity index is 1070. The Hall–Kier alpha value is -2.96. The Kier molecular flexibility index (Phi) is 2.96. The van der Waals surface area contributed by atoms with E-state index in [0.29, 0.717) is 28.0 Å². The third-order valence-corrected chi connectivity index (χ3v) is 5.32. The predicted molar refractivity (Wildman–Crippen MR) is 96.1 cm³/mol. The molecule has 0 saturated carbocycles. The topological polar surface area (TPSA) is 76.0 Å². The molecule has 2 atom stereocenters. The van der Waals surface area contributed by atoms with Crippen LogP contribution in [0.15, 0.2) is 65.9 Å². The predicted octanol–water partition coefficient (Wildman–Crippen LogP) is 2.75. The molecular formula is C20H12O5S. The van der Waals surface area contributed by atoms with Gasteiger partial charge in [0.15, 0.2) is 11.4 Å². The minimum atomic E-state index is -1.23. The molecule has 0 aromatic heterocycles. The maximum Gasteiger partial charge on any atom is 0.340 e. The van der Waals surface area contributed by atoms with Crippen LogP contribution >= 0.6 is 12.2 Å². The molecule has 0 saturated heterocycles. The van der Waals surface area contributed by atoms with Crippen molar-refractivity contribution in [1.82, 2.24) is 0 Å².